The van der Waals surface area contributed by atoms with Crippen molar-refractivity contribution in [3.05, 3.63) is 22.4 Å². The van der Waals surface area contributed by atoms with E-state index >= 15 is 0 Å². The van der Waals surface area contributed by atoms with E-state index in [-0.39, 0.29) is 18.5 Å². The van der Waals surface area contributed by atoms with Crippen LogP contribution < -0.4 is 0 Å². The van der Waals surface area contributed by atoms with Gasteiger partial charge in [0, 0.05) is 31.1 Å². The Bertz CT molecular complexity index is 434. The molecule has 20 heavy (non-hydrogen) atoms. The topological polar surface area (TPSA) is 60.9 Å². The van der Waals surface area contributed by atoms with Gasteiger partial charge in [0.05, 0.1) is 6.42 Å². The first-order valence-electron chi connectivity index (χ1n) is 6.71. The molecule has 1 atom stereocenters. The largest absolute Gasteiger partial charge is 0.481 e. The van der Waals surface area contributed by atoms with Crippen molar-refractivity contribution in [3.8, 4) is 0 Å². The third kappa shape index (κ3) is 4.85. The number of aliphatic carboxylic acids is 1. The third-order valence-corrected chi connectivity index (χ3v) is 4.12. The van der Waals surface area contributed by atoms with Gasteiger partial charge in [0.1, 0.15) is 0 Å². The molecule has 1 heterocycles. The molecule has 1 aromatic heterocycles. The minimum atomic E-state index is -0.884. The minimum Gasteiger partial charge on any atom is -0.481 e. The van der Waals surface area contributed by atoms with E-state index in [1.165, 1.54) is 4.88 Å². The van der Waals surface area contributed by atoms with Crippen LogP contribution in [-0.2, 0) is 11.2 Å². The Hall–Kier alpha value is -1.56. The summed E-state index contributed by atoms with van der Waals surface area (Å²) in [6.45, 7) is 4.78. The van der Waals surface area contributed by atoms with Gasteiger partial charge in [-0.05, 0) is 31.7 Å². The summed E-state index contributed by atoms with van der Waals surface area (Å²) in [7, 11) is 1.76. The SMILES string of the molecule is CCN(C(=O)N(C)CCc1cccs1)C(C)CC(=O)O. The monoisotopic (exact) mass is 298 g/mol. The summed E-state index contributed by atoms with van der Waals surface area (Å²) in [6.07, 6.45) is 0.795. The Balaban J connectivity index is 2.53. The predicted molar refractivity (Wildman–Crippen MR) is 80.1 cm³/mol. The number of nitrogens with zero attached hydrogens (tertiary/aromatic N) is 2. The highest BCUT2D eigenvalue weighted by Gasteiger charge is 2.23. The van der Waals surface area contributed by atoms with Crippen molar-refractivity contribution < 1.29 is 14.7 Å². The first kappa shape index (κ1) is 16.5. The minimum absolute atomic E-state index is 0.0294. The van der Waals surface area contributed by atoms with Crippen LogP contribution >= 0.6 is 11.3 Å². The van der Waals surface area contributed by atoms with Crippen LogP contribution in [0.3, 0.4) is 0 Å². The average Bonchev–Trinajstić information content (AvgIpc) is 2.88. The second-order valence-corrected chi connectivity index (χ2v) is 5.80. The molecule has 0 fully saturated rings. The predicted octanol–water partition coefficient (Wildman–Crippen LogP) is 2.53. The Morgan fingerprint density at radius 3 is 2.65 bits per heavy atom. The molecular weight excluding hydrogens is 276 g/mol. The second kappa shape index (κ2) is 7.89. The number of carboxylic acids is 1. The van der Waals surface area contributed by atoms with Gasteiger partial charge in [0.15, 0.2) is 0 Å². The van der Waals surface area contributed by atoms with E-state index in [0.29, 0.717) is 13.1 Å². The lowest BCUT2D eigenvalue weighted by Gasteiger charge is -2.31. The standard InChI is InChI=1S/C14H22N2O3S/c1-4-16(11(2)10-13(17)18)14(19)15(3)8-7-12-6-5-9-20-12/h5-6,9,11H,4,7-8,10H2,1-3H3,(H,17,18). The van der Waals surface area contributed by atoms with Crippen molar-refractivity contribution in [2.45, 2.75) is 32.7 Å². The molecule has 1 N–H and O–H groups in total. The molecule has 0 aliphatic carbocycles. The molecule has 0 spiro atoms. The number of carbonyl (C=O) groups is 2. The molecule has 1 unspecified atom stereocenters. The number of thiophene rings is 1. The maximum atomic E-state index is 12.3. The molecule has 5 nitrogen and oxygen atoms in total. The Labute approximate surface area is 123 Å². The summed E-state index contributed by atoms with van der Waals surface area (Å²) in [4.78, 5) is 27.6. The van der Waals surface area contributed by atoms with Crippen LogP contribution in [-0.4, -0.2) is 53.1 Å². The number of hydrogen-bond donors (Lipinski definition) is 1. The van der Waals surface area contributed by atoms with Gasteiger partial charge >= 0.3 is 12.0 Å². The highest BCUT2D eigenvalue weighted by atomic mass is 32.1. The lowest BCUT2D eigenvalue weighted by atomic mass is 10.2. The number of rotatable bonds is 7. The highest BCUT2D eigenvalue weighted by Crippen LogP contribution is 2.11. The number of carboxylic acid groups (broad SMARTS) is 1. The molecule has 112 valence electrons. The van der Waals surface area contributed by atoms with Gasteiger partial charge in [-0.3, -0.25) is 4.79 Å². The van der Waals surface area contributed by atoms with Gasteiger partial charge in [0.25, 0.3) is 0 Å². The van der Waals surface area contributed by atoms with Crippen LogP contribution in [0.15, 0.2) is 17.5 Å². The number of likely N-dealkylation sites (N-methyl/N-ethyl adjacent to an activating group) is 1. The van der Waals surface area contributed by atoms with Crippen molar-refractivity contribution in [2.24, 2.45) is 0 Å². The highest BCUT2D eigenvalue weighted by molar-refractivity contribution is 7.09. The van der Waals surface area contributed by atoms with Crippen LogP contribution in [0.2, 0.25) is 0 Å². The van der Waals surface area contributed by atoms with E-state index in [0.717, 1.165) is 6.42 Å². The molecular formula is C14H22N2O3S. The molecule has 0 saturated heterocycles. The Morgan fingerprint density at radius 2 is 2.15 bits per heavy atom. The fourth-order valence-corrected chi connectivity index (χ4v) is 2.74. The van der Waals surface area contributed by atoms with Gasteiger partial charge in [0.2, 0.25) is 0 Å². The number of hydrogen-bond acceptors (Lipinski definition) is 3. The zero-order valence-electron chi connectivity index (χ0n) is 12.2. The van der Waals surface area contributed by atoms with E-state index in [4.69, 9.17) is 5.11 Å². The first-order chi connectivity index (χ1) is 9.45. The van der Waals surface area contributed by atoms with Gasteiger partial charge < -0.3 is 14.9 Å². The fourth-order valence-electron chi connectivity index (χ4n) is 2.05. The van der Waals surface area contributed by atoms with Gasteiger partial charge in [-0.1, -0.05) is 6.07 Å². The summed E-state index contributed by atoms with van der Waals surface area (Å²) < 4.78 is 0. The van der Waals surface area contributed by atoms with E-state index in [2.05, 4.69) is 0 Å². The van der Waals surface area contributed by atoms with Crippen molar-refractivity contribution in [2.75, 3.05) is 20.1 Å². The van der Waals surface area contributed by atoms with Crippen LogP contribution in [0.4, 0.5) is 4.79 Å². The third-order valence-electron chi connectivity index (χ3n) is 3.19. The number of carbonyl (C=O) groups excluding carboxylic acids is 1. The lowest BCUT2D eigenvalue weighted by molar-refractivity contribution is -0.138. The molecule has 0 saturated carbocycles. The van der Waals surface area contributed by atoms with Crippen LogP contribution in [0.5, 0.6) is 0 Å². The molecule has 0 aliphatic rings. The lowest BCUT2D eigenvalue weighted by Crippen LogP contribution is -2.46. The Kier molecular flexibility index (Phi) is 6.51. The summed E-state index contributed by atoms with van der Waals surface area (Å²) in [5.74, 6) is -0.884. The molecule has 0 radical (unpaired) electrons. The number of urea groups is 1. The number of amides is 2. The summed E-state index contributed by atoms with van der Waals surface area (Å²) in [5, 5.41) is 10.8. The average molecular weight is 298 g/mol. The van der Waals surface area contributed by atoms with E-state index in [9.17, 15) is 9.59 Å². The molecule has 6 heteroatoms. The van der Waals surface area contributed by atoms with E-state index < -0.39 is 5.97 Å². The fraction of sp³-hybridized carbons (Fsp3) is 0.571. The molecule has 0 bridgehead atoms. The molecule has 2 amide bonds. The van der Waals surface area contributed by atoms with Crippen molar-refractivity contribution >= 4 is 23.3 Å². The second-order valence-electron chi connectivity index (χ2n) is 4.77. The summed E-state index contributed by atoms with van der Waals surface area (Å²) in [6, 6.07) is 3.63. The van der Waals surface area contributed by atoms with Gasteiger partial charge in [-0.2, -0.15) is 0 Å². The van der Waals surface area contributed by atoms with Crippen LogP contribution in [0.1, 0.15) is 25.1 Å². The molecule has 0 aliphatic heterocycles. The van der Waals surface area contributed by atoms with Crippen molar-refractivity contribution in [1.29, 1.82) is 0 Å². The zero-order chi connectivity index (χ0) is 15.1. The Morgan fingerprint density at radius 1 is 1.45 bits per heavy atom. The van der Waals surface area contributed by atoms with E-state index in [1.54, 1.807) is 35.1 Å². The normalized spacial score (nSPS) is 11.9. The van der Waals surface area contributed by atoms with Crippen molar-refractivity contribution in [1.82, 2.24) is 9.80 Å². The summed E-state index contributed by atoms with van der Waals surface area (Å²) >= 11 is 1.68. The van der Waals surface area contributed by atoms with Crippen LogP contribution in [0, 0.1) is 0 Å². The maximum Gasteiger partial charge on any atom is 0.319 e. The van der Waals surface area contributed by atoms with Gasteiger partial charge in [-0.25, -0.2) is 4.79 Å². The molecule has 1 rings (SSSR count). The van der Waals surface area contributed by atoms with Crippen LogP contribution in [0.25, 0.3) is 0 Å². The van der Waals surface area contributed by atoms with Gasteiger partial charge in [-0.15, -0.1) is 11.3 Å². The maximum absolute atomic E-state index is 12.3. The molecule has 1 aromatic rings. The summed E-state index contributed by atoms with van der Waals surface area (Å²) in [5.41, 5.74) is 0. The molecule has 0 aromatic carbocycles. The van der Waals surface area contributed by atoms with E-state index in [1.807, 2.05) is 24.4 Å². The quantitative estimate of drug-likeness (QED) is 0.841. The zero-order valence-corrected chi connectivity index (χ0v) is 13.0. The first-order valence-corrected chi connectivity index (χ1v) is 7.59. The smallest absolute Gasteiger partial charge is 0.319 e. The van der Waals surface area contributed by atoms with Crippen molar-refractivity contribution in [3.63, 3.8) is 0 Å².